The molecule has 0 aromatic rings. The SMILES string of the molecule is CCCCC/C=C\CCCCCCCCOCC(COC1OC(CO)C(O)C(O)C1O)OC(=O)CCC. The van der Waals surface area contributed by atoms with Crippen LogP contribution in [-0.4, -0.2) is 89.6 Å². The first-order chi connectivity index (χ1) is 17.9. The summed E-state index contributed by atoms with van der Waals surface area (Å²) in [6, 6.07) is 0. The molecule has 6 unspecified atom stereocenters. The Bertz CT molecular complexity index is 584. The summed E-state index contributed by atoms with van der Waals surface area (Å²) in [5, 5.41) is 39.3. The number of esters is 1. The molecule has 0 aromatic heterocycles. The van der Waals surface area contributed by atoms with Crippen molar-refractivity contribution in [3.8, 4) is 0 Å². The van der Waals surface area contributed by atoms with Crippen molar-refractivity contribution in [2.24, 2.45) is 0 Å². The molecule has 0 radical (unpaired) electrons. The van der Waals surface area contributed by atoms with Crippen LogP contribution in [0.3, 0.4) is 0 Å². The summed E-state index contributed by atoms with van der Waals surface area (Å²) in [6.07, 6.45) is 11.1. The van der Waals surface area contributed by atoms with Gasteiger partial charge in [-0.25, -0.2) is 0 Å². The third-order valence-electron chi connectivity index (χ3n) is 6.40. The number of aliphatic hydroxyl groups excluding tert-OH is 4. The topological polar surface area (TPSA) is 135 Å². The van der Waals surface area contributed by atoms with E-state index in [1.807, 2.05) is 6.92 Å². The van der Waals surface area contributed by atoms with Crippen molar-refractivity contribution in [1.29, 1.82) is 0 Å². The van der Waals surface area contributed by atoms with Gasteiger partial charge in [0.25, 0.3) is 0 Å². The summed E-state index contributed by atoms with van der Waals surface area (Å²) in [5.74, 6) is -0.371. The molecule has 0 saturated carbocycles. The zero-order valence-electron chi connectivity index (χ0n) is 23.0. The predicted octanol–water partition coefficient (Wildman–Crippen LogP) is 3.40. The zero-order chi connectivity index (χ0) is 27.3. The van der Waals surface area contributed by atoms with E-state index in [-0.39, 0.29) is 25.6 Å². The molecular formula is C28H52O9. The van der Waals surface area contributed by atoms with E-state index in [4.69, 9.17) is 18.9 Å². The van der Waals surface area contributed by atoms with Crippen molar-refractivity contribution >= 4 is 5.97 Å². The van der Waals surface area contributed by atoms with E-state index in [1.165, 1.54) is 57.8 Å². The molecule has 4 N–H and O–H groups in total. The monoisotopic (exact) mass is 532 g/mol. The average Bonchev–Trinajstić information content (AvgIpc) is 2.89. The van der Waals surface area contributed by atoms with Crippen LogP contribution in [0.15, 0.2) is 12.2 Å². The molecule has 218 valence electrons. The van der Waals surface area contributed by atoms with Gasteiger partial charge in [-0.15, -0.1) is 0 Å². The second-order valence-electron chi connectivity index (χ2n) is 9.84. The maximum absolute atomic E-state index is 12.0. The van der Waals surface area contributed by atoms with E-state index < -0.39 is 43.4 Å². The van der Waals surface area contributed by atoms with Crippen molar-refractivity contribution in [2.75, 3.05) is 26.4 Å². The van der Waals surface area contributed by atoms with E-state index in [0.717, 1.165) is 12.8 Å². The minimum atomic E-state index is -1.53. The van der Waals surface area contributed by atoms with Crippen LogP contribution in [-0.2, 0) is 23.7 Å². The molecule has 1 fully saturated rings. The first-order valence-corrected chi connectivity index (χ1v) is 14.3. The van der Waals surface area contributed by atoms with Crippen LogP contribution >= 0.6 is 0 Å². The second kappa shape index (κ2) is 21.8. The van der Waals surface area contributed by atoms with Gasteiger partial charge < -0.3 is 39.4 Å². The normalized spacial score (nSPS) is 25.0. The molecule has 0 amide bonds. The maximum atomic E-state index is 12.0. The van der Waals surface area contributed by atoms with Gasteiger partial charge in [-0.1, -0.05) is 64.5 Å². The van der Waals surface area contributed by atoms with Gasteiger partial charge >= 0.3 is 5.97 Å². The van der Waals surface area contributed by atoms with Crippen LogP contribution in [0.25, 0.3) is 0 Å². The predicted molar refractivity (Wildman–Crippen MR) is 141 cm³/mol. The third-order valence-corrected chi connectivity index (χ3v) is 6.40. The van der Waals surface area contributed by atoms with Gasteiger partial charge in [0.05, 0.1) is 19.8 Å². The quantitative estimate of drug-likeness (QED) is 0.0940. The third kappa shape index (κ3) is 15.2. The lowest BCUT2D eigenvalue weighted by atomic mass is 9.99. The lowest BCUT2D eigenvalue weighted by molar-refractivity contribution is -0.305. The van der Waals surface area contributed by atoms with E-state index in [1.54, 1.807) is 0 Å². The number of carbonyl (C=O) groups is 1. The molecule has 0 spiro atoms. The summed E-state index contributed by atoms with van der Waals surface area (Å²) < 4.78 is 22.1. The molecular weight excluding hydrogens is 480 g/mol. The lowest BCUT2D eigenvalue weighted by Gasteiger charge is -2.39. The molecule has 1 saturated heterocycles. The molecule has 1 rings (SSSR count). The van der Waals surface area contributed by atoms with Crippen LogP contribution in [0.5, 0.6) is 0 Å². The Labute approximate surface area is 223 Å². The highest BCUT2D eigenvalue weighted by atomic mass is 16.7. The highest BCUT2D eigenvalue weighted by Crippen LogP contribution is 2.22. The molecule has 9 heteroatoms. The molecule has 9 nitrogen and oxygen atoms in total. The standard InChI is InChI=1S/C28H52O9/c1-3-5-6-7-8-9-10-11-12-13-14-15-16-18-34-20-22(36-24(30)17-4-2)21-35-28-27(33)26(32)25(31)23(19-29)37-28/h8-9,22-23,25-29,31-33H,3-7,10-21H2,1-2H3/b9-8-. The number of hydrogen-bond donors (Lipinski definition) is 4. The number of hydrogen-bond acceptors (Lipinski definition) is 9. The van der Waals surface area contributed by atoms with Gasteiger partial charge in [-0.05, 0) is 38.5 Å². The number of aliphatic hydroxyl groups is 4. The Kier molecular flexibility index (Phi) is 20.0. The molecule has 1 aliphatic heterocycles. The van der Waals surface area contributed by atoms with Crippen LogP contribution in [0.4, 0.5) is 0 Å². The van der Waals surface area contributed by atoms with Crippen LogP contribution in [0.2, 0.25) is 0 Å². The fraction of sp³-hybridized carbons (Fsp3) is 0.893. The Hall–Kier alpha value is -1.07. The van der Waals surface area contributed by atoms with Gasteiger partial charge in [0, 0.05) is 13.0 Å². The van der Waals surface area contributed by atoms with E-state index in [0.29, 0.717) is 13.0 Å². The summed E-state index contributed by atoms with van der Waals surface area (Å²) in [4.78, 5) is 12.0. The van der Waals surface area contributed by atoms with E-state index in [9.17, 15) is 25.2 Å². The minimum Gasteiger partial charge on any atom is -0.457 e. The highest BCUT2D eigenvalue weighted by Gasteiger charge is 2.44. The fourth-order valence-electron chi connectivity index (χ4n) is 4.11. The Balaban J connectivity index is 2.24. The van der Waals surface area contributed by atoms with Crippen LogP contribution in [0, 0.1) is 0 Å². The minimum absolute atomic E-state index is 0.120. The molecule has 1 heterocycles. The molecule has 6 atom stereocenters. The average molecular weight is 533 g/mol. The first kappa shape index (κ1) is 34.0. The van der Waals surface area contributed by atoms with Crippen LogP contribution in [0.1, 0.15) is 97.3 Å². The fourth-order valence-corrected chi connectivity index (χ4v) is 4.11. The van der Waals surface area contributed by atoms with Crippen molar-refractivity contribution in [2.45, 2.75) is 134 Å². The Morgan fingerprint density at radius 3 is 2.14 bits per heavy atom. The van der Waals surface area contributed by atoms with Crippen molar-refractivity contribution in [3.63, 3.8) is 0 Å². The number of rotatable bonds is 22. The van der Waals surface area contributed by atoms with Crippen LogP contribution < -0.4 is 0 Å². The number of ether oxygens (including phenoxy) is 4. The molecule has 0 aliphatic carbocycles. The van der Waals surface area contributed by atoms with Gasteiger partial charge in [-0.2, -0.15) is 0 Å². The lowest BCUT2D eigenvalue weighted by Crippen LogP contribution is -2.59. The van der Waals surface area contributed by atoms with Gasteiger partial charge in [0.15, 0.2) is 6.29 Å². The van der Waals surface area contributed by atoms with Crippen molar-refractivity contribution < 1.29 is 44.2 Å². The van der Waals surface area contributed by atoms with E-state index >= 15 is 0 Å². The summed E-state index contributed by atoms with van der Waals surface area (Å²) in [7, 11) is 0. The van der Waals surface area contributed by atoms with Gasteiger partial charge in [-0.3, -0.25) is 4.79 Å². The van der Waals surface area contributed by atoms with Gasteiger partial charge in [0.1, 0.15) is 30.5 Å². The maximum Gasteiger partial charge on any atom is 0.306 e. The largest absolute Gasteiger partial charge is 0.457 e. The van der Waals surface area contributed by atoms with Gasteiger partial charge in [0.2, 0.25) is 0 Å². The summed E-state index contributed by atoms with van der Waals surface area (Å²) in [5.41, 5.74) is 0. The second-order valence-corrected chi connectivity index (χ2v) is 9.84. The summed E-state index contributed by atoms with van der Waals surface area (Å²) in [6.45, 7) is 4.12. The number of carbonyl (C=O) groups excluding carboxylic acids is 1. The Morgan fingerprint density at radius 2 is 1.49 bits per heavy atom. The number of allylic oxidation sites excluding steroid dienone is 2. The number of unbranched alkanes of at least 4 members (excludes halogenated alkanes) is 9. The highest BCUT2D eigenvalue weighted by molar-refractivity contribution is 5.69. The molecule has 37 heavy (non-hydrogen) atoms. The van der Waals surface area contributed by atoms with Crippen molar-refractivity contribution in [1.82, 2.24) is 0 Å². The first-order valence-electron chi connectivity index (χ1n) is 14.3. The van der Waals surface area contributed by atoms with E-state index in [2.05, 4.69) is 19.1 Å². The molecule has 0 aromatic carbocycles. The smallest absolute Gasteiger partial charge is 0.306 e. The summed E-state index contributed by atoms with van der Waals surface area (Å²) >= 11 is 0. The zero-order valence-corrected chi connectivity index (χ0v) is 23.0. The molecule has 1 aliphatic rings. The van der Waals surface area contributed by atoms with Crippen molar-refractivity contribution in [3.05, 3.63) is 12.2 Å². The Morgan fingerprint density at radius 1 is 0.838 bits per heavy atom. The molecule has 0 bridgehead atoms.